The standard InChI is InChI=1S/C18H22BrN3O2S/c1-10(2)7-16-21-12(4)17(25-16)18(24)20-9-15(23)22-13-5-6-14(19)11(3)8-13/h5-6,8,10H,7,9H2,1-4H3,(H,20,24)(H,22,23). The minimum absolute atomic E-state index is 0.0786. The van der Waals surface area contributed by atoms with E-state index in [-0.39, 0.29) is 18.4 Å². The summed E-state index contributed by atoms with van der Waals surface area (Å²) < 4.78 is 0.983. The number of hydrogen-bond acceptors (Lipinski definition) is 4. The molecule has 25 heavy (non-hydrogen) atoms. The number of benzene rings is 1. The van der Waals surface area contributed by atoms with Crippen molar-refractivity contribution < 1.29 is 9.59 Å². The molecule has 0 atom stereocenters. The second kappa shape index (κ2) is 8.58. The van der Waals surface area contributed by atoms with Crippen molar-refractivity contribution in [1.82, 2.24) is 10.3 Å². The van der Waals surface area contributed by atoms with Gasteiger partial charge in [0.25, 0.3) is 5.91 Å². The Hall–Kier alpha value is -1.73. The smallest absolute Gasteiger partial charge is 0.263 e. The molecule has 0 radical (unpaired) electrons. The van der Waals surface area contributed by atoms with Gasteiger partial charge in [-0.3, -0.25) is 9.59 Å². The number of halogens is 1. The quantitative estimate of drug-likeness (QED) is 0.734. The Kier molecular flexibility index (Phi) is 6.72. The molecule has 134 valence electrons. The van der Waals surface area contributed by atoms with Crippen LogP contribution in [0.4, 0.5) is 5.69 Å². The molecule has 2 N–H and O–H groups in total. The van der Waals surface area contributed by atoms with Crippen LogP contribution < -0.4 is 10.6 Å². The van der Waals surface area contributed by atoms with E-state index in [4.69, 9.17) is 0 Å². The van der Waals surface area contributed by atoms with E-state index in [1.165, 1.54) is 11.3 Å². The predicted octanol–water partition coefficient (Wildman–Crippen LogP) is 4.09. The first-order chi connectivity index (χ1) is 11.8. The fraction of sp³-hybridized carbons (Fsp3) is 0.389. The number of rotatable bonds is 6. The van der Waals surface area contributed by atoms with Gasteiger partial charge >= 0.3 is 0 Å². The fourth-order valence-electron chi connectivity index (χ4n) is 2.27. The van der Waals surface area contributed by atoms with Crippen molar-refractivity contribution in [3.05, 3.63) is 43.8 Å². The van der Waals surface area contributed by atoms with Gasteiger partial charge in [0.2, 0.25) is 5.91 Å². The number of nitrogens with zero attached hydrogens (tertiary/aromatic N) is 1. The van der Waals surface area contributed by atoms with E-state index in [0.717, 1.165) is 21.5 Å². The summed E-state index contributed by atoms with van der Waals surface area (Å²) in [7, 11) is 0. The van der Waals surface area contributed by atoms with Crippen molar-refractivity contribution in [1.29, 1.82) is 0 Å². The van der Waals surface area contributed by atoms with E-state index < -0.39 is 0 Å². The van der Waals surface area contributed by atoms with E-state index in [1.807, 2.05) is 32.0 Å². The molecule has 5 nitrogen and oxygen atoms in total. The molecule has 7 heteroatoms. The van der Waals surface area contributed by atoms with Gasteiger partial charge in [0, 0.05) is 16.6 Å². The van der Waals surface area contributed by atoms with E-state index in [2.05, 4.69) is 45.4 Å². The van der Waals surface area contributed by atoms with Gasteiger partial charge in [0.1, 0.15) is 4.88 Å². The van der Waals surface area contributed by atoms with E-state index in [1.54, 1.807) is 0 Å². The highest BCUT2D eigenvalue weighted by Crippen LogP contribution is 2.21. The summed E-state index contributed by atoms with van der Waals surface area (Å²) in [6.45, 7) is 7.92. The molecule has 1 aromatic heterocycles. The first kappa shape index (κ1) is 19.6. The normalized spacial score (nSPS) is 10.8. The zero-order valence-corrected chi connectivity index (χ0v) is 17.2. The molecule has 0 saturated carbocycles. The number of nitrogens with one attached hydrogen (secondary N) is 2. The maximum absolute atomic E-state index is 12.3. The highest BCUT2D eigenvalue weighted by Gasteiger charge is 2.16. The summed E-state index contributed by atoms with van der Waals surface area (Å²) in [5, 5.41) is 6.39. The number of aryl methyl sites for hydroxylation is 2. The fourth-order valence-corrected chi connectivity index (χ4v) is 3.71. The maximum Gasteiger partial charge on any atom is 0.263 e. The molecule has 0 saturated heterocycles. The number of hydrogen-bond donors (Lipinski definition) is 2. The molecular weight excluding hydrogens is 402 g/mol. The number of anilines is 1. The van der Waals surface area contributed by atoms with Gasteiger partial charge in [-0.15, -0.1) is 11.3 Å². The number of thiazole rings is 1. The van der Waals surface area contributed by atoms with Crippen LogP contribution in [0.5, 0.6) is 0 Å². The van der Waals surface area contributed by atoms with Crippen molar-refractivity contribution in [2.24, 2.45) is 5.92 Å². The molecule has 0 bridgehead atoms. The first-order valence-electron chi connectivity index (χ1n) is 8.06. The van der Waals surface area contributed by atoms with Crippen LogP contribution in [0.15, 0.2) is 22.7 Å². The van der Waals surface area contributed by atoms with Gasteiger partial charge < -0.3 is 10.6 Å². The number of aromatic nitrogens is 1. The molecule has 0 aliphatic rings. The third-order valence-corrected chi connectivity index (χ3v) is 5.55. The van der Waals surface area contributed by atoms with Crippen molar-refractivity contribution in [3.63, 3.8) is 0 Å². The Bertz CT molecular complexity index is 787. The van der Waals surface area contributed by atoms with Crippen LogP contribution in [0.2, 0.25) is 0 Å². The zero-order chi connectivity index (χ0) is 18.6. The maximum atomic E-state index is 12.3. The second-order valence-electron chi connectivity index (χ2n) is 6.31. The van der Waals surface area contributed by atoms with Crippen LogP contribution in [-0.4, -0.2) is 23.3 Å². The lowest BCUT2D eigenvalue weighted by molar-refractivity contribution is -0.115. The van der Waals surface area contributed by atoms with Gasteiger partial charge in [0.05, 0.1) is 17.2 Å². The van der Waals surface area contributed by atoms with Crippen molar-refractivity contribution in [2.75, 3.05) is 11.9 Å². The van der Waals surface area contributed by atoms with Crippen LogP contribution in [0.1, 0.15) is 39.8 Å². The molecule has 1 aromatic carbocycles. The van der Waals surface area contributed by atoms with Crippen molar-refractivity contribution >= 4 is 44.8 Å². The Morgan fingerprint density at radius 2 is 2.00 bits per heavy atom. The summed E-state index contributed by atoms with van der Waals surface area (Å²) in [6.07, 6.45) is 0.849. The predicted molar refractivity (Wildman–Crippen MR) is 105 cm³/mol. The average molecular weight is 424 g/mol. The minimum atomic E-state index is -0.264. The van der Waals surface area contributed by atoms with E-state index in [0.29, 0.717) is 22.2 Å². The van der Waals surface area contributed by atoms with E-state index >= 15 is 0 Å². The lowest BCUT2D eigenvalue weighted by atomic mass is 10.1. The van der Waals surface area contributed by atoms with Crippen LogP contribution in [0.3, 0.4) is 0 Å². The number of carbonyl (C=O) groups is 2. The van der Waals surface area contributed by atoms with Gasteiger partial charge in [-0.25, -0.2) is 4.98 Å². The Morgan fingerprint density at radius 3 is 2.64 bits per heavy atom. The molecule has 2 aromatic rings. The molecule has 2 amide bonds. The molecule has 0 unspecified atom stereocenters. The topological polar surface area (TPSA) is 71.1 Å². The summed E-state index contributed by atoms with van der Waals surface area (Å²) in [4.78, 5) is 29.3. The van der Waals surface area contributed by atoms with Crippen LogP contribution in [0, 0.1) is 19.8 Å². The van der Waals surface area contributed by atoms with Crippen LogP contribution in [0.25, 0.3) is 0 Å². The lowest BCUT2D eigenvalue weighted by Gasteiger charge is -2.08. The third kappa shape index (κ3) is 5.64. The second-order valence-corrected chi connectivity index (χ2v) is 8.25. The SMILES string of the molecule is Cc1cc(NC(=O)CNC(=O)c2sc(CC(C)C)nc2C)ccc1Br. The van der Waals surface area contributed by atoms with Crippen molar-refractivity contribution in [3.8, 4) is 0 Å². The minimum Gasteiger partial charge on any atom is -0.342 e. The van der Waals surface area contributed by atoms with Gasteiger partial charge in [-0.1, -0.05) is 29.8 Å². The highest BCUT2D eigenvalue weighted by atomic mass is 79.9. The molecule has 0 spiro atoms. The van der Waals surface area contributed by atoms with Gasteiger partial charge in [-0.05, 0) is 43.5 Å². The van der Waals surface area contributed by atoms with Crippen molar-refractivity contribution in [2.45, 2.75) is 34.1 Å². The summed E-state index contributed by atoms with van der Waals surface area (Å²) in [5.41, 5.74) is 2.44. The molecule has 1 heterocycles. The molecular formula is C18H22BrN3O2S. The summed E-state index contributed by atoms with van der Waals surface area (Å²) in [5.74, 6) is -0.0339. The zero-order valence-electron chi connectivity index (χ0n) is 14.8. The van der Waals surface area contributed by atoms with Crippen LogP contribution in [-0.2, 0) is 11.2 Å². The molecule has 0 aliphatic heterocycles. The summed E-state index contributed by atoms with van der Waals surface area (Å²) >= 11 is 4.82. The lowest BCUT2D eigenvalue weighted by Crippen LogP contribution is -2.32. The monoisotopic (exact) mass is 423 g/mol. The summed E-state index contributed by atoms with van der Waals surface area (Å²) in [6, 6.07) is 5.55. The van der Waals surface area contributed by atoms with Crippen LogP contribution >= 0.6 is 27.3 Å². The largest absolute Gasteiger partial charge is 0.342 e. The Morgan fingerprint density at radius 1 is 1.28 bits per heavy atom. The third-order valence-electron chi connectivity index (χ3n) is 3.48. The highest BCUT2D eigenvalue weighted by molar-refractivity contribution is 9.10. The molecule has 2 rings (SSSR count). The first-order valence-corrected chi connectivity index (χ1v) is 9.67. The average Bonchev–Trinajstić information content (AvgIpc) is 2.88. The van der Waals surface area contributed by atoms with E-state index in [9.17, 15) is 9.59 Å². The number of carbonyl (C=O) groups excluding carboxylic acids is 2. The van der Waals surface area contributed by atoms with Gasteiger partial charge in [0.15, 0.2) is 0 Å². The molecule has 0 aliphatic carbocycles. The number of amides is 2. The molecule has 0 fully saturated rings. The Balaban J connectivity index is 1.91. The Labute approximate surface area is 160 Å². The van der Waals surface area contributed by atoms with Gasteiger partial charge in [-0.2, -0.15) is 0 Å².